The summed E-state index contributed by atoms with van der Waals surface area (Å²) in [7, 11) is 0. The zero-order valence-corrected chi connectivity index (χ0v) is 8.66. The Morgan fingerprint density at radius 2 is 1.38 bits per heavy atom. The molecule has 0 radical (unpaired) electrons. The Kier molecular flexibility index (Phi) is 10.6. The van der Waals surface area contributed by atoms with Crippen LogP contribution >= 0.6 is 12.6 Å². The van der Waals surface area contributed by atoms with Gasteiger partial charge in [-0.3, -0.25) is 0 Å². The molecule has 1 nitrogen and oxygen atoms in total. The molecule has 0 spiro atoms. The summed E-state index contributed by atoms with van der Waals surface area (Å²) in [6.45, 7) is 0.713. The first-order chi connectivity index (χ1) is 6.41. The summed E-state index contributed by atoms with van der Waals surface area (Å²) >= 11 is 4.04. The maximum absolute atomic E-state index is 5.32. The normalized spacial score (nSPS) is 13.1. The van der Waals surface area contributed by atoms with Crippen LogP contribution in [-0.4, -0.2) is 12.3 Å². The Morgan fingerprint density at radius 1 is 0.846 bits per heavy atom. The molecule has 2 N–H and O–H groups in total. The van der Waals surface area contributed by atoms with Crippen LogP contribution in [0.15, 0.2) is 48.6 Å². The summed E-state index contributed by atoms with van der Waals surface area (Å²) in [5.74, 6) is 0.782. The van der Waals surface area contributed by atoms with Crippen LogP contribution in [0.5, 0.6) is 0 Å². The Labute approximate surface area is 86.1 Å². The molecular formula is C11H17NS. The number of allylic oxidation sites excluding steroid dienone is 6. The molecule has 0 saturated heterocycles. The molecule has 72 valence electrons. The highest BCUT2D eigenvalue weighted by atomic mass is 32.1. The molecule has 0 bridgehead atoms. The van der Waals surface area contributed by atoms with E-state index in [0.29, 0.717) is 6.54 Å². The fourth-order valence-corrected chi connectivity index (χ4v) is 0.789. The highest BCUT2D eigenvalue weighted by molar-refractivity contribution is 7.80. The van der Waals surface area contributed by atoms with Crippen LogP contribution in [0.4, 0.5) is 0 Å². The Morgan fingerprint density at radius 3 is 1.92 bits per heavy atom. The number of hydrogen-bond donors (Lipinski definition) is 2. The second-order valence-electron chi connectivity index (χ2n) is 2.39. The molecule has 0 heterocycles. The van der Waals surface area contributed by atoms with Gasteiger partial charge in [0, 0.05) is 5.75 Å². The molecule has 0 fully saturated rings. The van der Waals surface area contributed by atoms with E-state index in [1.807, 2.05) is 48.6 Å². The van der Waals surface area contributed by atoms with Crippen molar-refractivity contribution in [3.8, 4) is 0 Å². The average Bonchev–Trinajstić information content (AvgIpc) is 2.16. The van der Waals surface area contributed by atoms with Gasteiger partial charge in [0.05, 0.1) is 0 Å². The average molecular weight is 195 g/mol. The van der Waals surface area contributed by atoms with Crippen molar-refractivity contribution >= 4 is 12.6 Å². The van der Waals surface area contributed by atoms with Crippen molar-refractivity contribution in [3.63, 3.8) is 0 Å². The topological polar surface area (TPSA) is 26.0 Å². The number of rotatable bonds is 6. The maximum Gasteiger partial charge on any atom is 0.00856 e. The molecule has 2 heteroatoms. The van der Waals surface area contributed by atoms with Crippen molar-refractivity contribution in [2.24, 2.45) is 5.73 Å². The summed E-state index contributed by atoms with van der Waals surface area (Å²) in [5.41, 5.74) is 5.32. The van der Waals surface area contributed by atoms with Crippen molar-refractivity contribution in [2.75, 3.05) is 12.3 Å². The van der Waals surface area contributed by atoms with Crippen molar-refractivity contribution < 1.29 is 0 Å². The van der Waals surface area contributed by atoms with Crippen LogP contribution in [0, 0.1) is 0 Å². The first-order valence-electron chi connectivity index (χ1n) is 4.37. The van der Waals surface area contributed by atoms with Crippen LogP contribution in [0.3, 0.4) is 0 Å². The lowest BCUT2D eigenvalue weighted by Crippen LogP contribution is -1.94. The van der Waals surface area contributed by atoms with E-state index in [4.69, 9.17) is 5.73 Å². The summed E-state index contributed by atoms with van der Waals surface area (Å²) in [6, 6.07) is 0. The molecule has 0 aromatic heterocycles. The highest BCUT2D eigenvalue weighted by Crippen LogP contribution is 1.84. The predicted molar refractivity (Wildman–Crippen MR) is 64.1 cm³/mol. The molecule has 13 heavy (non-hydrogen) atoms. The van der Waals surface area contributed by atoms with E-state index < -0.39 is 0 Å². The maximum atomic E-state index is 5.32. The second kappa shape index (κ2) is 11.3. The van der Waals surface area contributed by atoms with E-state index in [9.17, 15) is 0 Å². The summed E-state index contributed by atoms with van der Waals surface area (Å²) in [6.07, 6.45) is 16.9. The van der Waals surface area contributed by atoms with Crippen molar-refractivity contribution in [3.05, 3.63) is 48.6 Å². The SMILES string of the molecule is NCC/C=C/C=C/C=C/C=C/CS. The minimum absolute atomic E-state index is 0.713. The van der Waals surface area contributed by atoms with Gasteiger partial charge in [0.1, 0.15) is 0 Å². The summed E-state index contributed by atoms with van der Waals surface area (Å²) < 4.78 is 0. The van der Waals surface area contributed by atoms with E-state index in [2.05, 4.69) is 12.6 Å². The number of hydrogen-bond acceptors (Lipinski definition) is 2. The van der Waals surface area contributed by atoms with Crippen molar-refractivity contribution in [1.82, 2.24) is 0 Å². The van der Waals surface area contributed by atoms with Gasteiger partial charge in [-0.15, -0.1) is 0 Å². The van der Waals surface area contributed by atoms with Gasteiger partial charge in [-0.1, -0.05) is 48.6 Å². The third-order valence-corrected chi connectivity index (χ3v) is 1.48. The van der Waals surface area contributed by atoms with E-state index in [0.717, 1.165) is 12.2 Å². The number of nitrogens with two attached hydrogens (primary N) is 1. The van der Waals surface area contributed by atoms with E-state index in [1.165, 1.54) is 0 Å². The summed E-state index contributed by atoms with van der Waals surface area (Å²) in [5, 5.41) is 0. The Bertz CT molecular complexity index is 202. The fraction of sp³-hybridized carbons (Fsp3) is 0.273. The lowest BCUT2D eigenvalue weighted by atomic mass is 10.3. The Balaban J connectivity index is 3.50. The van der Waals surface area contributed by atoms with Gasteiger partial charge in [-0.2, -0.15) is 12.6 Å². The fourth-order valence-electron chi connectivity index (χ4n) is 0.667. The molecule has 0 aliphatic rings. The molecular weight excluding hydrogens is 178 g/mol. The van der Waals surface area contributed by atoms with Crippen LogP contribution in [0.2, 0.25) is 0 Å². The van der Waals surface area contributed by atoms with Crippen molar-refractivity contribution in [1.29, 1.82) is 0 Å². The Hall–Kier alpha value is -0.730. The first kappa shape index (κ1) is 12.3. The number of thiol groups is 1. The molecule has 0 aliphatic carbocycles. The van der Waals surface area contributed by atoms with Gasteiger partial charge in [0.25, 0.3) is 0 Å². The van der Waals surface area contributed by atoms with Crippen LogP contribution in [-0.2, 0) is 0 Å². The van der Waals surface area contributed by atoms with E-state index >= 15 is 0 Å². The van der Waals surface area contributed by atoms with Gasteiger partial charge in [0.15, 0.2) is 0 Å². The van der Waals surface area contributed by atoms with Gasteiger partial charge >= 0.3 is 0 Å². The third kappa shape index (κ3) is 11.3. The van der Waals surface area contributed by atoms with Crippen LogP contribution in [0.1, 0.15) is 6.42 Å². The van der Waals surface area contributed by atoms with Crippen LogP contribution < -0.4 is 5.73 Å². The van der Waals surface area contributed by atoms with Gasteiger partial charge in [-0.05, 0) is 13.0 Å². The molecule has 0 atom stereocenters. The standard InChI is InChI=1S/C11H17NS/c12-10-8-6-4-2-1-3-5-7-9-11-13/h1-7,9,13H,8,10-12H2/b2-1+,5-3+,6-4+,9-7+. The minimum Gasteiger partial charge on any atom is -0.330 e. The zero-order chi connectivity index (χ0) is 9.78. The van der Waals surface area contributed by atoms with Gasteiger partial charge in [-0.25, -0.2) is 0 Å². The summed E-state index contributed by atoms with van der Waals surface area (Å²) in [4.78, 5) is 0. The molecule has 0 aromatic rings. The second-order valence-corrected chi connectivity index (χ2v) is 2.75. The largest absolute Gasteiger partial charge is 0.330 e. The van der Waals surface area contributed by atoms with Crippen LogP contribution in [0.25, 0.3) is 0 Å². The minimum atomic E-state index is 0.713. The first-order valence-corrected chi connectivity index (χ1v) is 5.01. The molecule has 0 rings (SSSR count). The lowest BCUT2D eigenvalue weighted by Gasteiger charge is -1.80. The molecule has 0 amide bonds. The molecule has 0 aromatic carbocycles. The van der Waals surface area contributed by atoms with Crippen molar-refractivity contribution in [2.45, 2.75) is 6.42 Å². The van der Waals surface area contributed by atoms with E-state index in [1.54, 1.807) is 0 Å². The molecule has 0 saturated carbocycles. The predicted octanol–water partition coefficient (Wildman–Crippen LogP) is 2.49. The van der Waals surface area contributed by atoms with Gasteiger partial charge < -0.3 is 5.73 Å². The van der Waals surface area contributed by atoms with Gasteiger partial charge in [0.2, 0.25) is 0 Å². The third-order valence-electron chi connectivity index (χ3n) is 1.27. The highest BCUT2D eigenvalue weighted by Gasteiger charge is 1.68. The smallest absolute Gasteiger partial charge is 0.00856 e. The lowest BCUT2D eigenvalue weighted by molar-refractivity contribution is 1.01. The monoisotopic (exact) mass is 195 g/mol. The zero-order valence-electron chi connectivity index (χ0n) is 7.76. The molecule has 0 aliphatic heterocycles. The molecule has 0 unspecified atom stereocenters. The van der Waals surface area contributed by atoms with E-state index in [-0.39, 0.29) is 0 Å². The quantitative estimate of drug-likeness (QED) is 0.494.